The molecule has 3 rings (SSSR count). The zero-order valence-electron chi connectivity index (χ0n) is 9.46. The van der Waals surface area contributed by atoms with Crippen molar-refractivity contribution in [2.75, 3.05) is 5.73 Å². The molecule has 0 spiro atoms. The molecule has 0 aliphatic heterocycles. The number of benzene rings is 1. The minimum atomic E-state index is 0.607. The van der Waals surface area contributed by atoms with Crippen molar-refractivity contribution in [3.8, 4) is 11.3 Å². The minimum absolute atomic E-state index is 0.607. The number of nitrogen functional groups attached to an aromatic ring is 1. The molecule has 0 radical (unpaired) electrons. The summed E-state index contributed by atoms with van der Waals surface area (Å²) in [5, 5.41) is 4.45. The lowest BCUT2D eigenvalue weighted by Crippen LogP contribution is -1.93. The van der Waals surface area contributed by atoms with Gasteiger partial charge in [0.25, 0.3) is 0 Å². The van der Waals surface area contributed by atoms with Gasteiger partial charge in [-0.15, -0.1) is 0 Å². The maximum absolute atomic E-state index is 5.67. The Kier molecular flexibility index (Phi) is 2.08. The van der Waals surface area contributed by atoms with Crippen LogP contribution in [0.1, 0.15) is 5.56 Å². The number of aryl methyl sites for hydroxylation is 1. The summed E-state index contributed by atoms with van der Waals surface area (Å²) in [5.74, 6) is 0. The number of nitrogens with zero attached hydrogens (tertiary/aromatic N) is 3. The maximum atomic E-state index is 5.67. The molecule has 0 bridgehead atoms. The van der Waals surface area contributed by atoms with E-state index in [0.717, 1.165) is 16.9 Å². The lowest BCUT2D eigenvalue weighted by Gasteiger charge is -1.96. The van der Waals surface area contributed by atoms with Crippen molar-refractivity contribution >= 4 is 11.3 Å². The molecule has 84 valence electrons. The van der Waals surface area contributed by atoms with Crippen molar-refractivity contribution in [3.63, 3.8) is 0 Å². The molecule has 0 amide bonds. The van der Waals surface area contributed by atoms with Gasteiger partial charge in [0.2, 0.25) is 0 Å². The molecule has 0 saturated heterocycles. The first-order chi connectivity index (χ1) is 8.22. The van der Waals surface area contributed by atoms with Gasteiger partial charge in [0, 0.05) is 11.6 Å². The molecule has 0 saturated carbocycles. The molecule has 0 unspecified atom stereocenters. The Balaban J connectivity index is 2.14. The monoisotopic (exact) mass is 224 g/mol. The van der Waals surface area contributed by atoms with Crippen LogP contribution in [0.25, 0.3) is 16.9 Å². The van der Waals surface area contributed by atoms with Crippen molar-refractivity contribution < 1.29 is 0 Å². The number of nitrogens with two attached hydrogens (primary N) is 1. The number of rotatable bonds is 1. The van der Waals surface area contributed by atoms with Crippen LogP contribution in [0.2, 0.25) is 0 Å². The summed E-state index contributed by atoms with van der Waals surface area (Å²) >= 11 is 0. The van der Waals surface area contributed by atoms with Gasteiger partial charge in [0.15, 0.2) is 5.65 Å². The highest BCUT2D eigenvalue weighted by Gasteiger charge is 2.04. The first kappa shape index (κ1) is 9.84. The SMILES string of the molecule is Cc1ccc(-c2cc3ncc(N)cn3n2)cc1. The van der Waals surface area contributed by atoms with Crippen molar-refractivity contribution in [1.29, 1.82) is 0 Å². The molecule has 4 heteroatoms. The minimum Gasteiger partial charge on any atom is -0.396 e. The Labute approximate surface area is 98.7 Å². The Morgan fingerprint density at radius 2 is 1.94 bits per heavy atom. The van der Waals surface area contributed by atoms with Crippen LogP contribution < -0.4 is 5.73 Å². The molecule has 1 aromatic carbocycles. The highest BCUT2D eigenvalue weighted by Crippen LogP contribution is 2.19. The molecule has 2 heterocycles. The summed E-state index contributed by atoms with van der Waals surface area (Å²) in [6, 6.07) is 10.2. The van der Waals surface area contributed by atoms with Crippen molar-refractivity contribution in [2.45, 2.75) is 6.92 Å². The van der Waals surface area contributed by atoms with Gasteiger partial charge in [-0.25, -0.2) is 9.50 Å². The van der Waals surface area contributed by atoms with Gasteiger partial charge in [-0.1, -0.05) is 29.8 Å². The number of hydrogen-bond donors (Lipinski definition) is 1. The molecule has 0 atom stereocenters. The topological polar surface area (TPSA) is 56.2 Å². The molecule has 4 nitrogen and oxygen atoms in total. The fourth-order valence-electron chi connectivity index (χ4n) is 1.76. The van der Waals surface area contributed by atoms with Crippen LogP contribution in [0.4, 0.5) is 5.69 Å². The molecule has 0 fully saturated rings. The van der Waals surface area contributed by atoms with E-state index in [1.807, 2.05) is 6.07 Å². The average Bonchev–Trinajstić information content (AvgIpc) is 2.72. The van der Waals surface area contributed by atoms with Crippen molar-refractivity contribution in [2.24, 2.45) is 0 Å². The lowest BCUT2D eigenvalue weighted by atomic mass is 10.1. The zero-order valence-corrected chi connectivity index (χ0v) is 9.46. The van der Waals surface area contributed by atoms with E-state index in [2.05, 4.69) is 41.3 Å². The molecule has 0 aliphatic rings. The van der Waals surface area contributed by atoms with E-state index < -0.39 is 0 Å². The normalized spacial score (nSPS) is 10.9. The van der Waals surface area contributed by atoms with Crippen LogP contribution >= 0.6 is 0 Å². The first-order valence-electron chi connectivity index (χ1n) is 5.40. The van der Waals surface area contributed by atoms with Gasteiger partial charge >= 0.3 is 0 Å². The summed E-state index contributed by atoms with van der Waals surface area (Å²) in [4.78, 5) is 4.22. The fraction of sp³-hybridized carbons (Fsp3) is 0.0769. The highest BCUT2D eigenvalue weighted by atomic mass is 15.2. The second kappa shape index (κ2) is 3.59. The van der Waals surface area contributed by atoms with E-state index in [9.17, 15) is 0 Å². The third kappa shape index (κ3) is 1.73. The second-order valence-corrected chi connectivity index (χ2v) is 4.09. The summed E-state index contributed by atoms with van der Waals surface area (Å²) in [6.45, 7) is 2.07. The Morgan fingerprint density at radius 1 is 1.18 bits per heavy atom. The lowest BCUT2D eigenvalue weighted by molar-refractivity contribution is 0.946. The van der Waals surface area contributed by atoms with E-state index in [1.54, 1.807) is 16.9 Å². The standard InChI is InChI=1S/C13H12N4/c1-9-2-4-10(5-3-9)12-6-13-15-7-11(14)8-17(13)16-12/h2-8H,14H2,1H3. The quantitative estimate of drug-likeness (QED) is 0.690. The van der Waals surface area contributed by atoms with Gasteiger partial charge in [-0.3, -0.25) is 0 Å². The molecule has 0 aliphatic carbocycles. The number of fused-ring (bicyclic) bond motifs is 1. The van der Waals surface area contributed by atoms with Crippen molar-refractivity contribution in [1.82, 2.24) is 14.6 Å². The van der Waals surface area contributed by atoms with Crippen LogP contribution in [0, 0.1) is 6.92 Å². The third-order valence-corrected chi connectivity index (χ3v) is 2.68. The molecule has 2 aromatic heterocycles. The molecular formula is C13H12N4. The highest BCUT2D eigenvalue weighted by molar-refractivity contribution is 5.64. The first-order valence-corrected chi connectivity index (χ1v) is 5.40. The van der Waals surface area contributed by atoms with Crippen molar-refractivity contribution in [3.05, 3.63) is 48.3 Å². The second-order valence-electron chi connectivity index (χ2n) is 4.09. The number of anilines is 1. The maximum Gasteiger partial charge on any atom is 0.155 e. The van der Waals surface area contributed by atoms with Gasteiger partial charge in [-0.2, -0.15) is 5.10 Å². The van der Waals surface area contributed by atoms with Crippen LogP contribution in [0.15, 0.2) is 42.7 Å². The number of aromatic nitrogens is 3. The van der Waals surface area contributed by atoms with Crippen LogP contribution in [0.3, 0.4) is 0 Å². The molecular weight excluding hydrogens is 212 g/mol. The predicted octanol–water partition coefficient (Wildman–Crippen LogP) is 2.29. The van der Waals surface area contributed by atoms with Crippen LogP contribution in [-0.4, -0.2) is 14.6 Å². The average molecular weight is 224 g/mol. The Hall–Kier alpha value is -2.36. The van der Waals surface area contributed by atoms with Gasteiger partial charge in [0.05, 0.1) is 23.8 Å². The third-order valence-electron chi connectivity index (χ3n) is 2.68. The van der Waals surface area contributed by atoms with Crippen LogP contribution in [-0.2, 0) is 0 Å². The van der Waals surface area contributed by atoms with Gasteiger partial charge in [-0.05, 0) is 6.92 Å². The molecule has 2 N–H and O–H groups in total. The number of hydrogen-bond acceptors (Lipinski definition) is 3. The summed E-state index contributed by atoms with van der Waals surface area (Å²) < 4.78 is 1.70. The van der Waals surface area contributed by atoms with Gasteiger partial charge in [0.1, 0.15) is 0 Å². The summed E-state index contributed by atoms with van der Waals surface area (Å²) in [6.07, 6.45) is 3.40. The summed E-state index contributed by atoms with van der Waals surface area (Å²) in [5.41, 5.74) is 10.3. The van der Waals surface area contributed by atoms with E-state index in [-0.39, 0.29) is 0 Å². The molecule has 3 aromatic rings. The Morgan fingerprint density at radius 3 is 2.71 bits per heavy atom. The largest absolute Gasteiger partial charge is 0.396 e. The fourth-order valence-corrected chi connectivity index (χ4v) is 1.76. The van der Waals surface area contributed by atoms with E-state index >= 15 is 0 Å². The Bertz CT molecular complexity index is 667. The molecule has 17 heavy (non-hydrogen) atoms. The van der Waals surface area contributed by atoms with E-state index in [0.29, 0.717) is 5.69 Å². The summed E-state index contributed by atoms with van der Waals surface area (Å²) in [7, 11) is 0. The zero-order chi connectivity index (χ0) is 11.8. The predicted molar refractivity (Wildman–Crippen MR) is 67.6 cm³/mol. The van der Waals surface area contributed by atoms with E-state index in [4.69, 9.17) is 5.73 Å². The van der Waals surface area contributed by atoms with Crippen LogP contribution in [0.5, 0.6) is 0 Å². The van der Waals surface area contributed by atoms with Gasteiger partial charge < -0.3 is 5.73 Å². The van der Waals surface area contributed by atoms with E-state index in [1.165, 1.54) is 5.56 Å². The smallest absolute Gasteiger partial charge is 0.155 e.